The molecular weight excluding hydrogens is 327 g/mol. The van der Waals surface area contributed by atoms with Crippen LogP contribution >= 0.6 is 22.9 Å². The summed E-state index contributed by atoms with van der Waals surface area (Å²) in [6, 6.07) is 6.41. The normalized spacial score (nSPS) is 18.5. The molecule has 1 aliphatic rings. The van der Waals surface area contributed by atoms with Gasteiger partial charge in [-0.05, 0) is 23.6 Å². The van der Waals surface area contributed by atoms with Crippen molar-refractivity contribution in [3.8, 4) is 0 Å². The molecule has 0 saturated carbocycles. The summed E-state index contributed by atoms with van der Waals surface area (Å²) in [5.74, 6) is -1.01. The number of benzene rings is 1. The van der Waals surface area contributed by atoms with Crippen LogP contribution in [0.25, 0.3) is 0 Å². The summed E-state index contributed by atoms with van der Waals surface area (Å²) in [6.07, 6.45) is -0.164. The van der Waals surface area contributed by atoms with Gasteiger partial charge >= 0.3 is 0 Å². The van der Waals surface area contributed by atoms with Gasteiger partial charge in [0.1, 0.15) is 11.9 Å². The zero-order valence-electron chi connectivity index (χ0n) is 11.6. The van der Waals surface area contributed by atoms with Crippen LogP contribution < -0.4 is 5.73 Å². The van der Waals surface area contributed by atoms with Crippen LogP contribution in [0.1, 0.15) is 21.3 Å². The van der Waals surface area contributed by atoms with Crippen molar-refractivity contribution in [1.82, 2.24) is 4.90 Å². The van der Waals surface area contributed by atoms with Crippen LogP contribution in [0, 0.1) is 5.82 Å². The first-order valence-electron chi connectivity index (χ1n) is 6.75. The molecule has 1 fully saturated rings. The second-order valence-electron chi connectivity index (χ2n) is 4.97. The summed E-state index contributed by atoms with van der Waals surface area (Å²) >= 11 is 7.40. The Morgan fingerprint density at radius 1 is 1.50 bits per heavy atom. The van der Waals surface area contributed by atoms with Gasteiger partial charge in [0.15, 0.2) is 0 Å². The molecule has 3 rings (SSSR count). The molecule has 2 N–H and O–H groups in total. The molecule has 0 radical (unpaired) electrons. The first-order valence-corrected chi connectivity index (χ1v) is 8.01. The van der Waals surface area contributed by atoms with Crippen LogP contribution in [0.15, 0.2) is 29.6 Å². The lowest BCUT2D eigenvalue weighted by Gasteiger charge is -2.32. The third-order valence-corrected chi connectivity index (χ3v) is 4.72. The first-order chi connectivity index (χ1) is 10.6. The van der Waals surface area contributed by atoms with Crippen LogP contribution in [0.4, 0.5) is 10.1 Å². The predicted molar refractivity (Wildman–Crippen MR) is 84.7 cm³/mol. The summed E-state index contributed by atoms with van der Waals surface area (Å²) in [4.78, 5) is 15.3. The van der Waals surface area contributed by atoms with Crippen molar-refractivity contribution < 1.29 is 13.9 Å². The highest BCUT2D eigenvalue weighted by Crippen LogP contribution is 2.29. The number of thiophene rings is 1. The number of nitrogen functional groups attached to an aromatic ring is 1. The Morgan fingerprint density at radius 2 is 2.32 bits per heavy atom. The Morgan fingerprint density at radius 3 is 3.05 bits per heavy atom. The number of nitrogens with zero attached hydrogens (tertiary/aromatic N) is 1. The van der Waals surface area contributed by atoms with Crippen LogP contribution in [0.3, 0.4) is 0 Å². The van der Waals surface area contributed by atoms with Gasteiger partial charge in [0.05, 0.1) is 24.4 Å². The van der Waals surface area contributed by atoms with E-state index in [9.17, 15) is 9.18 Å². The van der Waals surface area contributed by atoms with E-state index in [1.807, 2.05) is 17.5 Å². The Labute approximate surface area is 136 Å². The topological polar surface area (TPSA) is 55.6 Å². The van der Waals surface area contributed by atoms with Crippen LogP contribution in [-0.4, -0.2) is 30.5 Å². The largest absolute Gasteiger partial charge is 0.396 e. The number of nitrogens with two attached hydrogens (primary N) is 1. The molecule has 1 saturated heterocycles. The number of halogens is 2. The minimum atomic E-state index is -0.682. The van der Waals surface area contributed by atoms with Crippen LogP contribution in [0.2, 0.25) is 5.02 Å². The van der Waals surface area contributed by atoms with Crippen LogP contribution in [0.5, 0.6) is 0 Å². The van der Waals surface area contributed by atoms with E-state index in [1.165, 1.54) is 6.07 Å². The lowest BCUT2D eigenvalue weighted by atomic mass is 10.1. The number of rotatable bonds is 2. The molecule has 1 aromatic heterocycles. The van der Waals surface area contributed by atoms with E-state index >= 15 is 0 Å². The van der Waals surface area contributed by atoms with Gasteiger partial charge in [-0.25, -0.2) is 4.39 Å². The standard InChI is InChI=1S/C15H14ClFN2O2S/c16-9-6-10(14(18)11(17)7-9)15(20)19-3-4-21-12(8-19)13-2-1-5-22-13/h1-2,5-7,12H,3-4,8,18H2/t12-/m0/s1. The predicted octanol–water partition coefficient (Wildman–Crippen LogP) is 3.34. The Kier molecular flexibility index (Phi) is 4.33. The summed E-state index contributed by atoms with van der Waals surface area (Å²) < 4.78 is 19.4. The van der Waals surface area contributed by atoms with E-state index in [0.29, 0.717) is 19.7 Å². The molecule has 0 bridgehead atoms. The highest BCUT2D eigenvalue weighted by Gasteiger charge is 2.28. The molecule has 0 spiro atoms. The second kappa shape index (κ2) is 6.24. The fourth-order valence-electron chi connectivity index (χ4n) is 2.41. The van der Waals surface area contributed by atoms with Gasteiger partial charge < -0.3 is 15.4 Å². The lowest BCUT2D eigenvalue weighted by molar-refractivity contribution is -0.0211. The van der Waals surface area contributed by atoms with Crippen molar-refractivity contribution in [2.45, 2.75) is 6.10 Å². The summed E-state index contributed by atoms with van der Waals surface area (Å²) in [6.45, 7) is 1.28. The van der Waals surface area contributed by atoms with Crippen molar-refractivity contribution >= 4 is 34.5 Å². The SMILES string of the molecule is Nc1c(F)cc(Cl)cc1C(=O)N1CCO[C@H](c2cccs2)C1. The average molecular weight is 341 g/mol. The fourth-order valence-corrected chi connectivity index (χ4v) is 3.38. The molecule has 2 heterocycles. The van der Waals surface area contributed by atoms with E-state index in [2.05, 4.69) is 0 Å². The van der Waals surface area contributed by atoms with Crippen molar-refractivity contribution in [3.63, 3.8) is 0 Å². The summed E-state index contributed by atoms with van der Waals surface area (Å²) in [7, 11) is 0. The van der Waals surface area contributed by atoms with Gasteiger partial charge in [-0.3, -0.25) is 4.79 Å². The minimum absolute atomic E-state index is 0.0943. The van der Waals surface area contributed by atoms with Gasteiger partial charge in [-0.15, -0.1) is 11.3 Å². The van der Waals surface area contributed by atoms with E-state index in [4.69, 9.17) is 22.1 Å². The molecule has 1 amide bonds. The van der Waals surface area contributed by atoms with Crippen LogP contribution in [-0.2, 0) is 4.74 Å². The van der Waals surface area contributed by atoms with Gasteiger partial charge in [-0.1, -0.05) is 17.7 Å². The summed E-state index contributed by atoms with van der Waals surface area (Å²) in [5.41, 5.74) is 5.60. The highest BCUT2D eigenvalue weighted by molar-refractivity contribution is 7.10. The zero-order chi connectivity index (χ0) is 15.7. The number of ether oxygens (including phenoxy) is 1. The molecule has 0 unspecified atom stereocenters. The maximum atomic E-state index is 13.7. The quantitative estimate of drug-likeness (QED) is 0.853. The van der Waals surface area contributed by atoms with Crippen molar-refractivity contribution in [2.24, 2.45) is 0 Å². The lowest BCUT2D eigenvalue weighted by Crippen LogP contribution is -2.42. The molecule has 1 aromatic carbocycles. The van der Waals surface area contributed by atoms with Gasteiger partial charge in [0, 0.05) is 16.4 Å². The third kappa shape index (κ3) is 2.95. The maximum absolute atomic E-state index is 13.7. The monoisotopic (exact) mass is 340 g/mol. The highest BCUT2D eigenvalue weighted by atomic mass is 35.5. The van der Waals surface area contributed by atoms with Crippen molar-refractivity contribution in [3.05, 3.63) is 50.9 Å². The molecule has 4 nitrogen and oxygen atoms in total. The molecule has 1 atom stereocenters. The first kappa shape index (κ1) is 15.3. The van der Waals surface area contributed by atoms with Gasteiger partial charge in [-0.2, -0.15) is 0 Å². The number of hydrogen-bond donors (Lipinski definition) is 1. The maximum Gasteiger partial charge on any atom is 0.256 e. The molecule has 22 heavy (non-hydrogen) atoms. The molecule has 1 aliphatic heterocycles. The number of carbonyl (C=O) groups is 1. The number of amides is 1. The fraction of sp³-hybridized carbons (Fsp3) is 0.267. The molecule has 116 valence electrons. The van der Waals surface area contributed by atoms with Crippen molar-refractivity contribution in [1.29, 1.82) is 0 Å². The number of morpholine rings is 1. The summed E-state index contributed by atoms with van der Waals surface area (Å²) in [5, 5.41) is 2.11. The van der Waals surface area contributed by atoms with E-state index in [-0.39, 0.29) is 28.3 Å². The number of hydrogen-bond acceptors (Lipinski definition) is 4. The Balaban J connectivity index is 1.83. The smallest absolute Gasteiger partial charge is 0.256 e. The Hall–Kier alpha value is -1.63. The van der Waals surface area contributed by atoms with Crippen molar-refractivity contribution in [2.75, 3.05) is 25.4 Å². The molecule has 7 heteroatoms. The third-order valence-electron chi connectivity index (χ3n) is 3.54. The molecule has 2 aromatic rings. The number of anilines is 1. The minimum Gasteiger partial charge on any atom is -0.396 e. The molecule has 0 aliphatic carbocycles. The zero-order valence-corrected chi connectivity index (χ0v) is 13.2. The van der Waals surface area contributed by atoms with E-state index in [0.717, 1.165) is 10.9 Å². The second-order valence-corrected chi connectivity index (χ2v) is 6.39. The number of carbonyl (C=O) groups excluding carboxylic acids is 1. The van der Waals surface area contributed by atoms with E-state index in [1.54, 1.807) is 16.2 Å². The van der Waals surface area contributed by atoms with Gasteiger partial charge in [0.25, 0.3) is 5.91 Å². The molecular formula is C15H14ClFN2O2S. The van der Waals surface area contributed by atoms with Gasteiger partial charge in [0.2, 0.25) is 0 Å². The Bertz CT molecular complexity index is 693. The van der Waals surface area contributed by atoms with E-state index < -0.39 is 5.82 Å². The average Bonchev–Trinajstić information content (AvgIpc) is 3.05.